The molecule has 57 heavy (non-hydrogen) atoms. The van der Waals surface area contributed by atoms with Crippen LogP contribution in [-0.2, 0) is 5.41 Å². The van der Waals surface area contributed by atoms with E-state index in [0.29, 0.717) is 5.82 Å². The lowest BCUT2D eigenvalue weighted by molar-refractivity contribution is 0.661. The molecule has 0 radical (unpaired) electrons. The lowest BCUT2D eigenvalue weighted by atomic mass is 9.81. The molecule has 0 aliphatic heterocycles. The van der Waals surface area contributed by atoms with Crippen LogP contribution in [0.1, 0.15) is 25.0 Å². The third-order valence-corrected chi connectivity index (χ3v) is 12.1. The molecule has 10 aromatic rings. The molecular weight excluding hydrogens is 689 g/mol. The summed E-state index contributed by atoms with van der Waals surface area (Å²) in [5.41, 5.74) is 15.2. The Morgan fingerprint density at radius 1 is 0.333 bits per heavy atom. The Balaban J connectivity index is 0.969. The van der Waals surface area contributed by atoms with E-state index in [0.717, 1.165) is 33.6 Å². The highest BCUT2D eigenvalue weighted by Gasteiger charge is 2.37. The molecule has 0 fully saturated rings. The molecule has 2 heteroatoms. The fraction of sp³-hybridized carbons (Fsp3) is 0.0545. The van der Waals surface area contributed by atoms with Gasteiger partial charge in [-0.15, -0.1) is 0 Å². The Labute approximate surface area is 332 Å². The Morgan fingerprint density at radius 3 is 1.39 bits per heavy atom. The van der Waals surface area contributed by atoms with E-state index in [-0.39, 0.29) is 5.41 Å². The average Bonchev–Trinajstić information content (AvgIpc) is 3.50. The summed E-state index contributed by atoms with van der Waals surface area (Å²) in [4.78, 5) is 10.5. The van der Waals surface area contributed by atoms with Gasteiger partial charge in [0.1, 0.15) is 0 Å². The van der Waals surface area contributed by atoms with E-state index in [1.165, 1.54) is 71.3 Å². The predicted molar refractivity (Wildman–Crippen MR) is 239 cm³/mol. The quantitative estimate of drug-likeness (QED) is 0.176. The van der Waals surface area contributed by atoms with Gasteiger partial charge in [0, 0.05) is 22.1 Å². The maximum atomic E-state index is 5.24. The molecular formula is C55H38N2. The molecule has 1 aliphatic rings. The number of rotatable bonds is 5. The molecule has 0 amide bonds. The first-order chi connectivity index (χ1) is 28.0. The van der Waals surface area contributed by atoms with Crippen LogP contribution in [0, 0.1) is 0 Å². The van der Waals surface area contributed by atoms with E-state index in [1.54, 1.807) is 0 Å². The average molecular weight is 727 g/mol. The lowest BCUT2D eigenvalue weighted by Crippen LogP contribution is -2.14. The number of benzene rings is 9. The monoisotopic (exact) mass is 726 g/mol. The van der Waals surface area contributed by atoms with Crippen LogP contribution in [0.2, 0.25) is 0 Å². The van der Waals surface area contributed by atoms with Crippen molar-refractivity contribution < 1.29 is 0 Å². The Morgan fingerprint density at radius 2 is 0.789 bits per heavy atom. The highest BCUT2D eigenvalue weighted by molar-refractivity contribution is 6.00. The molecule has 1 heterocycles. The first kappa shape index (κ1) is 33.2. The number of hydrogen-bond donors (Lipinski definition) is 0. The van der Waals surface area contributed by atoms with Gasteiger partial charge in [0.2, 0.25) is 0 Å². The van der Waals surface area contributed by atoms with Gasteiger partial charge in [-0.1, -0.05) is 190 Å². The van der Waals surface area contributed by atoms with E-state index in [9.17, 15) is 0 Å². The van der Waals surface area contributed by atoms with Crippen molar-refractivity contribution in [3.63, 3.8) is 0 Å². The molecule has 11 rings (SSSR count). The van der Waals surface area contributed by atoms with Crippen LogP contribution >= 0.6 is 0 Å². The van der Waals surface area contributed by atoms with Crippen molar-refractivity contribution in [2.75, 3.05) is 0 Å². The van der Waals surface area contributed by atoms with Gasteiger partial charge in [-0.05, 0) is 95.0 Å². The number of nitrogens with zero attached hydrogens (tertiary/aromatic N) is 2. The molecule has 9 aromatic carbocycles. The molecule has 0 spiro atoms. The molecule has 0 unspecified atom stereocenters. The molecule has 2 nitrogen and oxygen atoms in total. The van der Waals surface area contributed by atoms with Crippen molar-refractivity contribution in [3.05, 3.63) is 205 Å². The largest absolute Gasteiger partial charge is 0.228 e. The zero-order valence-corrected chi connectivity index (χ0v) is 31.9. The summed E-state index contributed by atoms with van der Waals surface area (Å²) >= 11 is 0. The summed E-state index contributed by atoms with van der Waals surface area (Å²) < 4.78 is 0. The molecule has 268 valence electrons. The Bertz CT molecular complexity index is 3080. The highest BCUT2D eigenvalue weighted by Crippen LogP contribution is 2.53. The SMILES string of the molecule is CC1(C)c2cc3ccccc3cc2-c2c(-c3ccc(-c4ccc(-c5nc(-c6cccc7ccccc67)cc(-c6cccc7ccccc67)n5)cc4)cc3)cccc21. The fourth-order valence-electron chi connectivity index (χ4n) is 9.12. The molecule has 0 saturated heterocycles. The van der Waals surface area contributed by atoms with Gasteiger partial charge in [-0.25, -0.2) is 9.97 Å². The van der Waals surface area contributed by atoms with Crippen LogP contribution in [0.5, 0.6) is 0 Å². The summed E-state index contributed by atoms with van der Waals surface area (Å²) in [6.45, 7) is 4.72. The summed E-state index contributed by atoms with van der Waals surface area (Å²) in [6.07, 6.45) is 0. The molecule has 1 aromatic heterocycles. The Hall–Kier alpha value is -7.16. The van der Waals surface area contributed by atoms with E-state index >= 15 is 0 Å². The van der Waals surface area contributed by atoms with Gasteiger partial charge < -0.3 is 0 Å². The van der Waals surface area contributed by atoms with E-state index in [4.69, 9.17) is 9.97 Å². The highest BCUT2D eigenvalue weighted by atomic mass is 14.9. The summed E-state index contributed by atoms with van der Waals surface area (Å²) in [6, 6.07) is 70.1. The summed E-state index contributed by atoms with van der Waals surface area (Å²) in [5.74, 6) is 0.708. The van der Waals surface area contributed by atoms with Crippen molar-refractivity contribution in [1.82, 2.24) is 9.97 Å². The second kappa shape index (κ2) is 13.0. The van der Waals surface area contributed by atoms with Gasteiger partial charge in [-0.2, -0.15) is 0 Å². The molecule has 0 bridgehead atoms. The fourth-order valence-corrected chi connectivity index (χ4v) is 9.12. The van der Waals surface area contributed by atoms with Gasteiger partial charge in [0.05, 0.1) is 11.4 Å². The third-order valence-electron chi connectivity index (χ3n) is 12.1. The number of hydrogen-bond acceptors (Lipinski definition) is 2. The number of fused-ring (bicyclic) bond motifs is 6. The van der Waals surface area contributed by atoms with E-state index in [2.05, 4.69) is 208 Å². The van der Waals surface area contributed by atoms with Crippen molar-refractivity contribution in [3.8, 4) is 67.3 Å². The van der Waals surface area contributed by atoms with Crippen molar-refractivity contribution in [2.24, 2.45) is 0 Å². The standard InChI is InChI=1S/C55H38N2/c1-55(2)49-23-11-20-45(53(49)48-32-41-14-3-4-15-42(41)33-50(48)55)39-28-24-35(25-29-39)36-26-30-40(31-27-36)54-56-51(46-21-9-16-37-12-5-7-18-43(37)46)34-52(57-54)47-22-10-17-38-13-6-8-19-44(38)47/h3-34H,1-2H3. The minimum absolute atomic E-state index is 0.0693. The third kappa shape index (κ3) is 5.48. The number of aromatic nitrogens is 2. The van der Waals surface area contributed by atoms with E-state index < -0.39 is 0 Å². The van der Waals surface area contributed by atoms with Gasteiger partial charge >= 0.3 is 0 Å². The molecule has 0 atom stereocenters. The summed E-state index contributed by atoms with van der Waals surface area (Å²) in [7, 11) is 0. The normalized spacial score (nSPS) is 12.9. The molecule has 0 saturated carbocycles. The van der Waals surface area contributed by atoms with Crippen LogP contribution in [0.4, 0.5) is 0 Å². The van der Waals surface area contributed by atoms with Gasteiger partial charge in [0.25, 0.3) is 0 Å². The lowest BCUT2D eigenvalue weighted by Gasteiger charge is -2.22. The smallest absolute Gasteiger partial charge is 0.160 e. The maximum absolute atomic E-state index is 5.24. The second-order valence-corrected chi connectivity index (χ2v) is 15.8. The van der Waals surface area contributed by atoms with Crippen molar-refractivity contribution in [1.29, 1.82) is 0 Å². The predicted octanol–water partition coefficient (Wildman–Crippen LogP) is 14.6. The second-order valence-electron chi connectivity index (χ2n) is 15.8. The molecule has 1 aliphatic carbocycles. The maximum Gasteiger partial charge on any atom is 0.160 e. The summed E-state index contributed by atoms with van der Waals surface area (Å²) in [5, 5.41) is 7.31. The Kier molecular flexibility index (Phi) is 7.55. The zero-order valence-electron chi connectivity index (χ0n) is 31.9. The van der Waals surface area contributed by atoms with Crippen LogP contribution in [0.25, 0.3) is 99.6 Å². The minimum Gasteiger partial charge on any atom is -0.228 e. The minimum atomic E-state index is -0.0693. The molecule has 0 N–H and O–H groups in total. The van der Waals surface area contributed by atoms with Gasteiger partial charge in [0.15, 0.2) is 5.82 Å². The van der Waals surface area contributed by atoms with Gasteiger partial charge in [-0.3, -0.25) is 0 Å². The zero-order chi connectivity index (χ0) is 38.1. The van der Waals surface area contributed by atoms with E-state index in [1.807, 2.05) is 0 Å². The van der Waals surface area contributed by atoms with Crippen LogP contribution in [0.15, 0.2) is 194 Å². The van der Waals surface area contributed by atoms with Crippen LogP contribution < -0.4 is 0 Å². The van der Waals surface area contributed by atoms with Crippen LogP contribution in [-0.4, -0.2) is 9.97 Å². The van der Waals surface area contributed by atoms with Crippen molar-refractivity contribution >= 4 is 32.3 Å². The topological polar surface area (TPSA) is 25.8 Å². The first-order valence-corrected chi connectivity index (χ1v) is 19.7. The van der Waals surface area contributed by atoms with Crippen molar-refractivity contribution in [2.45, 2.75) is 19.3 Å². The van der Waals surface area contributed by atoms with Crippen LogP contribution in [0.3, 0.4) is 0 Å². The first-order valence-electron chi connectivity index (χ1n) is 19.7.